The third-order valence-corrected chi connectivity index (χ3v) is 3.80. The zero-order chi connectivity index (χ0) is 14.4. The SMILES string of the molecule is CCC(CC)C(N)c1ccc(Oc2ccccc2)cc1. The summed E-state index contributed by atoms with van der Waals surface area (Å²) in [6.07, 6.45) is 2.22. The summed E-state index contributed by atoms with van der Waals surface area (Å²) < 4.78 is 5.79. The zero-order valence-electron chi connectivity index (χ0n) is 12.3. The summed E-state index contributed by atoms with van der Waals surface area (Å²) in [6.45, 7) is 4.39. The summed E-state index contributed by atoms with van der Waals surface area (Å²) in [7, 11) is 0. The predicted molar refractivity (Wildman–Crippen MR) is 84.0 cm³/mol. The first kappa shape index (κ1) is 14.6. The van der Waals surface area contributed by atoms with Crippen LogP contribution in [0.2, 0.25) is 0 Å². The Morgan fingerprint density at radius 3 is 1.95 bits per heavy atom. The molecule has 20 heavy (non-hydrogen) atoms. The van der Waals surface area contributed by atoms with Gasteiger partial charge in [0.15, 0.2) is 0 Å². The second kappa shape index (κ2) is 7.11. The second-order valence-electron chi connectivity index (χ2n) is 5.09. The largest absolute Gasteiger partial charge is 0.457 e. The Kier molecular flexibility index (Phi) is 5.19. The van der Waals surface area contributed by atoms with Crippen LogP contribution in [0.4, 0.5) is 0 Å². The molecule has 0 radical (unpaired) electrons. The molecule has 2 N–H and O–H groups in total. The van der Waals surface area contributed by atoms with Gasteiger partial charge in [0.2, 0.25) is 0 Å². The van der Waals surface area contributed by atoms with Gasteiger partial charge in [0.05, 0.1) is 0 Å². The van der Waals surface area contributed by atoms with E-state index in [1.54, 1.807) is 0 Å². The average Bonchev–Trinajstić information content (AvgIpc) is 2.50. The van der Waals surface area contributed by atoms with Gasteiger partial charge in [0.1, 0.15) is 11.5 Å². The van der Waals surface area contributed by atoms with Crippen LogP contribution < -0.4 is 10.5 Å². The highest BCUT2D eigenvalue weighted by Gasteiger charge is 2.15. The van der Waals surface area contributed by atoms with Crippen molar-refractivity contribution >= 4 is 0 Å². The molecular formula is C18H23NO. The highest BCUT2D eigenvalue weighted by atomic mass is 16.5. The van der Waals surface area contributed by atoms with E-state index in [0.717, 1.165) is 24.3 Å². The summed E-state index contributed by atoms with van der Waals surface area (Å²) in [6, 6.07) is 18.0. The monoisotopic (exact) mass is 269 g/mol. The number of hydrogen-bond acceptors (Lipinski definition) is 2. The van der Waals surface area contributed by atoms with Crippen molar-refractivity contribution in [2.24, 2.45) is 11.7 Å². The van der Waals surface area contributed by atoms with Gasteiger partial charge in [-0.3, -0.25) is 0 Å². The molecular weight excluding hydrogens is 246 g/mol. The Morgan fingerprint density at radius 1 is 0.850 bits per heavy atom. The van der Waals surface area contributed by atoms with Crippen molar-refractivity contribution in [2.45, 2.75) is 32.7 Å². The Hall–Kier alpha value is -1.80. The Morgan fingerprint density at radius 2 is 1.40 bits per heavy atom. The maximum absolute atomic E-state index is 6.32. The van der Waals surface area contributed by atoms with Crippen LogP contribution >= 0.6 is 0 Å². The zero-order valence-corrected chi connectivity index (χ0v) is 12.3. The molecule has 0 spiro atoms. The van der Waals surface area contributed by atoms with Crippen molar-refractivity contribution in [2.75, 3.05) is 0 Å². The van der Waals surface area contributed by atoms with Gasteiger partial charge >= 0.3 is 0 Å². The molecule has 0 amide bonds. The fourth-order valence-corrected chi connectivity index (χ4v) is 2.45. The number of rotatable bonds is 6. The maximum Gasteiger partial charge on any atom is 0.127 e. The molecule has 0 heterocycles. The molecule has 1 unspecified atom stereocenters. The first-order valence-electron chi connectivity index (χ1n) is 7.33. The Balaban J connectivity index is 2.06. The predicted octanol–water partition coefficient (Wildman–Crippen LogP) is 4.91. The summed E-state index contributed by atoms with van der Waals surface area (Å²) >= 11 is 0. The second-order valence-corrected chi connectivity index (χ2v) is 5.09. The lowest BCUT2D eigenvalue weighted by molar-refractivity contribution is 0.405. The van der Waals surface area contributed by atoms with Gasteiger partial charge in [-0.1, -0.05) is 57.0 Å². The van der Waals surface area contributed by atoms with Crippen molar-refractivity contribution in [3.63, 3.8) is 0 Å². The van der Waals surface area contributed by atoms with E-state index in [-0.39, 0.29) is 6.04 Å². The molecule has 0 aromatic heterocycles. The molecule has 0 bridgehead atoms. The minimum Gasteiger partial charge on any atom is -0.457 e. The van der Waals surface area contributed by atoms with Crippen molar-refractivity contribution in [1.82, 2.24) is 0 Å². The lowest BCUT2D eigenvalue weighted by atomic mass is 9.90. The van der Waals surface area contributed by atoms with Crippen molar-refractivity contribution in [3.8, 4) is 11.5 Å². The summed E-state index contributed by atoms with van der Waals surface area (Å²) in [5.41, 5.74) is 7.50. The van der Waals surface area contributed by atoms with E-state index in [9.17, 15) is 0 Å². The third-order valence-electron chi connectivity index (χ3n) is 3.80. The maximum atomic E-state index is 6.32. The van der Waals surface area contributed by atoms with E-state index in [1.807, 2.05) is 42.5 Å². The van der Waals surface area contributed by atoms with E-state index in [4.69, 9.17) is 10.5 Å². The summed E-state index contributed by atoms with van der Waals surface area (Å²) in [5.74, 6) is 2.23. The van der Waals surface area contributed by atoms with Gasteiger partial charge in [-0.25, -0.2) is 0 Å². The fourth-order valence-electron chi connectivity index (χ4n) is 2.45. The minimum absolute atomic E-state index is 0.107. The highest BCUT2D eigenvalue weighted by molar-refractivity contribution is 5.34. The molecule has 0 fully saturated rings. The van der Waals surface area contributed by atoms with Crippen molar-refractivity contribution in [1.29, 1.82) is 0 Å². The van der Waals surface area contributed by atoms with Crippen LogP contribution in [0.15, 0.2) is 54.6 Å². The summed E-state index contributed by atoms with van der Waals surface area (Å²) in [4.78, 5) is 0. The summed E-state index contributed by atoms with van der Waals surface area (Å²) in [5, 5.41) is 0. The van der Waals surface area contributed by atoms with Gasteiger partial charge in [-0.2, -0.15) is 0 Å². The highest BCUT2D eigenvalue weighted by Crippen LogP contribution is 2.27. The van der Waals surface area contributed by atoms with Gasteiger partial charge in [0.25, 0.3) is 0 Å². The Bertz CT molecular complexity index is 503. The molecule has 0 aliphatic heterocycles. The number of hydrogen-bond donors (Lipinski definition) is 1. The molecule has 2 heteroatoms. The van der Waals surface area contributed by atoms with Gasteiger partial charge in [0, 0.05) is 6.04 Å². The van der Waals surface area contributed by atoms with E-state index < -0.39 is 0 Å². The van der Waals surface area contributed by atoms with Crippen molar-refractivity contribution in [3.05, 3.63) is 60.2 Å². The molecule has 0 aliphatic carbocycles. The number of benzene rings is 2. The fraction of sp³-hybridized carbons (Fsp3) is 0.333. The van der Waals surface area contributed by atoms with Crippen LogP contribution in [0, 0.1) is 5.92 Å². The number of nitrogens with two attached hydrogens (primary N) is 1. The lowest BCUT2D eigenvalue weighted by Crippen LogP contribution is -2.20. The van der Waals surface area contributed by atoms with Crippen LogP contribution in [0.3, 0.4) is 0 Å². The molecule has 2 aromatic carbocycles. The van der Waals surface area contributed by atoms with Crippen LogP contribution in [0.25, 0.3) is 0 Å². The van der Waals surface area contributed by atoms with E-state index >= 15 is 0 Å². The van der Waals surface area contributed by atoms with Gasteiger partial charge in [-0.15, -0.1) is 0 Å². The average molecular weight is 269 g/mol. The van der Waals surface area contributed by atoms with Crippen LogP contribution in [0.5, 0.6) is 11.5 Å². The number of para-hydroxylation sites is 1. The molecule has 106 valence electrons. The minimum atomic E-state index is 0.107. The van der Waals surface area contributed by atoms with Crippen LogP contribution in [-0.4, -0.2) is 0 Å². The van der Waals surface area contributed by atoms with E-state index in [0.29, 0.717) is 5.92 Å². The Labute approximate surface area is 121 Å². The molecule has 0 saturated heterocycles. The van der Waals surface area contributed by atoms with Crippen LogP contribution in [-0.2, 0) is 0 Å². The third kappa shape index (κ3) is 3.61. The lowest BCUT2D eigenvalue weighted by Gasteiger charge is -2.21. The molecule has 1 atom stereocenters. The van der Waals surface area contributed by atoms with Crippen LogP contribution in [0.1, 0.15) is 38.3 Å². The molecule has 2 rings (SSSR count). The van der Waals surface area contributed by atoms with Gasteiger partial charge in [-0.05, 0) is 35.7 Å². The van der Waals surface area contributed by atoms with Crippen molar-refractivity contribution < 1.29 is 4.74 Å². The first-order chi connectivity index (χ1) is 9.74. The number of ether oxygens (including phenoxy) is 1. The van der Waals surface area contributed by atoms with Gasteiger partial charge < -0.3 is 10.5 Å². The van der Waals surface area contributed by atoms with E-state index in [2.05, 4.69) is 26.0 Å². The molecule has 2 aromatic rings. The standard InChI is InChI=1S/C18H23NO/c1-3-14(4-2)18(19)15-10-12-17(13-11-15)20-16-8-6-5-7-9-16/h5-14,18H,3-4,19H2,1-2H3. The smallest absolute Gasteiger partial charge is 0.127 e. The molecule has 0 saturated carbocycles. The first-order valence-corrected chi connectivity index (χ1v) is 7.33. The molecule has 0 aliphatic rings. The van der Waals surface area contributed by atoms with E-state index in [1.165, 1.54) is 5.56 Å². The quantitative estimate of drug-likeness (QED) is 0.808. The topological polar surface area (TPSA) is 35.2 Å². The molecule has 2 nitrogen and oxygen atoms in total. The normalized spacial score (nSPS) is 12.4.